The fraction of sp³-hybridized carbons (Fsp3) is 0.467. The molecule has 1 aliphatic carbocycles. The van der Waals surface area contributed by atoms with Crippen LogP contribution in [-0.2, 0) is 0 Å². The van der Waals surface area contributed by atoms with E-state index in [1.54, 1.807) is 6.07 Å². The third kappa shape index (κ3) is 3.75. The van der Waals surface area contributed by atoms with Crippen molar-refractivity contribution >= 4 is 17.7 Å². The summed E-state index contributed by atoms with van der Waals surface area (Å²) in [6.45, 7) is 0. The molecule has 4 nitrogen and oxygen atoms in total. The van der Waals surface area contributed by atoms with Crippen LogP contribution in [0.3, 0.4) is 0 Å². The van der Waals surface area contributed by atoms with Crippen molar-refractivity contribution in [3.05, 3.63) is 29.8 Å². The van der Waals surface area contributed by atoms with Crippen molar-refractivity contribution < 1.29 is 9.90 Å². The SMILES string of the molecule is N#CCSc1ccccc1C(=O)NC1CCCCC1O. The van der Waals surface area contributed by atoms with Crippen LogP contribution in [0.15, 0.2) is 29.2 Å². The molecule has 5 heteroatoms. The molecule has 106 valence electrons. The Balaban J connectivity index is 2.06. The highest BCUT2D eigenvalue weighted by atomic mass is 32.2. The van der Waals surface area contributed by atoms with E-state index in [2.05, 4.69) is 11.4 Å². The number of carbonyl (C=O) groups is 1. The Labute approximate surface area is 123 Å². The van der Waals surface area contributed by atoms with Crippen LogP contribution < -0.4 is 5.32 Å². The van der Waals surface area contributed by atoms with Crippen molar-refractivity contribution in [2.75, 3.05) is 5.75 Å². The number of rotatable bonds is 4. The first-order valence-corrected chi connectivity index (χ1v) is 7.78. The molecule has 2 atom stereocenters. The Morgan fingerprint density at radius 1 is 1.40 bits per heavy atom. The molecule has 1 aliphatic rings. The second-order valence-corrected chi connectivity index (χ2v) is 5.89. The van der Waals surface area contributed by atoms with Gasteiger partial charge in [-0.25, -0.2) is 0 Å². The highest BCUT2D eigenvalue weighted by molar-refractivity contribution is 7.99. The summed E-state index contributed by atoms with van der Waals surface area (Å²) in [4.78, 5) is 13.1. The molecule has 0 saturated heterocycles. The standard InChI is InChI=1S/C15H18N2O2S/c16-9-10-20-14-8-4-1-5-11(14)15(19)17-12-6-2-3-7-13(12)18/h1,4-5,8,12-13,18H,2-3,6-7,10H2,(H,17,19). The molecular formula is C15H18N2O2S. The van der Waals surface area contributed by atoms with Gasteiger partial charge in [0.05, 0.1) is 29.5 Å². The Hall–Kier alpha value is -1.51. The van der Waals surface area contributed by atoms with Gasteiger partial charge in [-0.15, -0.1) is 11.8 Å². The number of aliphatic hydroxyl groups excluding tert-OH is 1. The largest absolute Gasteiger partial charge is 0.391 e. The van der Waals surface area contributed by atoms with Crippen molar-refractivity contribution in [2.45, 2.75) is 42.7 Å². The molecule has 1 aromatic rings. The van der Waals surface area contributed by atoms with Crippen LogP contribution in [-0.4, -0.2) is 28.9 Å². The van der Waals surface area contributed by atoms with Gasteiger partial charge in [0.15, 0.2) is 0 Å². The average molecular weight is 290 g/mol. The average Bonchev–Trinajstić information content (AvgIpc) is 2.47. The molecule has 20 heavy (non-hydrogen) atoms. The molecule has 1 fully saturated rings. The fourth-order valence-corrected chi connectivity index (χ4v) is 3.13. The molecule has 1 saturated carbocycles. The first kappa shape index (κ1) is 14.9. The molecule has 2 unspecified atom stereocenters. The number of nitriles is 1. The summed E-state index contributed by atoms with van der Waals surface area (Å²) < 4.78 is 0. The number of thioether (sulfide) groups is 1. The lowest BCUT2D eigenvalue weighted by Crippen LogP contribution is -2.45. The molecule has 1 aromatic carbocycles. The lowest BCUT2D eigenvalue weighted by molar-refractivity contribution is 0.0715. The molecule has 0 heterocycles. The van der Waals surface area contributed by atoms with Gasteiger partial charge in [0.1, 0.15) is 0 Å². The van der Waals surface area contributed by atoms with Gasteiger partial charge < -0.3 is 10.4 Å². The summed E-state index contributed by atoms with van der Waals surface area (Å²) in [5, 5.41) is 21.5. The third-order valence-electron chi connectivity index (χ3n) is 3.47. The van der Waals surface area contributed by atoms with Crippen molar-refractivity contribution in [3.63, 3.8) is 0 Å². The molecule has 2 N–H and O–H groups in total. The minimum Gasteiger partial charge on any atom is -0.391 e. The summed E-state index contributed by atoms with van der Waals surface area (Å²) in [5.74, 6) is 0.146. The summed E-state index contributed by atoms with van der Waals surface area (Å²) in [6, 6.07) is 9.16. The zero-order valence-corrected chi connectivity index (χ0v) is 12.0. The van der Waals surface area contributed by atoms with E-state index in [-0.39, 0.29) is 11.9 Å². The van der Waals surface area contributed by atoms with E-state index >= 15 is 0 Å². The second-order valence-electron chi connectivity index (χ2n) is 4.87. The second kappa shape index (κ2) is 7.32. The number of hydrogen-bond acceptors (Lipinski definition) is 4. The number of hydrogen-bond donors (Lipinski definition) is 2. The van der Waals surface area contributed by atoms with Crippen LogP contribution in [0.25, 0.3) is 0 Å². The minimum atomic E-state index is -0.452. The predicted molar refractivity (Wildman–Crippen MR) is 78.5 cm³/mol. The van der Waals surface area contributed by atoms with Gasteiger partial charge >= 0.3 is 0 Å². The van der Waals surface area contributed by atoms with Crippen molar-refractivity contribution in [2.24, 2.45) is 0 Å². The van der Waals surface area contributed by atoms with Gasteiger partial charge in [-0.3, -0.25) is 4.79 Å². The molecule has 0 radical (unpaired) electrons. The smallest absolute Gasteiger partial charge is 0.252 e. The van der Waals surface area contributed by atoms with Crippen LogP contribution in [0.4, 0.5) is 0 Å². The van der Waals surface area contributed by atoms with Gasteiger partial charge in [0, 0.05) is 4.90 Å². The van der Waals surface area contributed by atoms with Crippen LogP contribution >= 0.6 is 11.8 Å². The maximum atomic E-state index is 12.3. The lowest BCUT2D eigenvalue weighted by atomic mass is 9.92. The number of nitrogens with zero attached hydrogens (tertiary/aromatic N) is 1. The summed E-state index contributed by atoms with van der Waals surface area (Å²) in [7, 11) is 0. The summed E-state index contributed by atoms with van der Waals surface area (Å²) in [6.07, 6.45) is 3.16. The van der Waals surface area contributed by atoms with Gasteiger partial charge in [-0.2, -0.15) is 5.26 Å². The van der Waals surface area contributed by atoms with E-state index in [4.69, 9.17) is 5.26 Å². The maximum Gasteiger partial charge on any atom is 0.252 e. The van der Waals surface area contributed by atoms with Gasteiger partial charge in [0.25, 0.3) is 5.91 Å². The topological polar surface area (TPSA) is 73.1 Å². The van der Waals surface area contributed by atoms with Gasteiger partial charge in [-0.1, -0.05) is 25.0 Å². The Morgan fingerprint density at radius 2 is 2.15 bits per heavy atom. The van der Waals surface area contributed by atoms with Gasteiger partial charge in [-0.05, 0) is 25.0 Å². The Morgan fingerprint density at radius 3 is 2.90 bits per heavy atom. The van der Waals surface area contributed by atoms with Gasteiger partial charge in [0.2, 0.25) is 0 Å². The Bertz CT molecular complexity index is 513. The number of nitrogens with one attached hydrogen (secondary N) is 1. The molecular weight excluding hydrogens is 272 g/mol. The predicted octanol–water partition coefficient (Wildman–Crippen LogP) is 2.34. The van der Waals surface area contributed by atoms with E-state index in [1.165, 1.54) is 11.8 Å². The normalized spacial score (nSPS) is 22.0. The monoisotopic (exact) mass is 290 g/mol. The summed E-state index contributed by atoms with van der Waals surface area (Å²) in [5.41, 5.74) is 0.575. The van der Waals surface area contributed by atoms with E-state index in [0.717, 1.165) is 30.6 Å². The highest BCUT2D eigenvalue weighted by Gasteiger charge is 2.25. The van der Waals surface area contributed by atoms with Crippen LogP contribution in [0.5, 0.6) is 0 Å². The number of benzene rings is 1. The van der Waals surface area contributed by atoms with E-state index in [0.29, 0.717) is 11.3 Å². The van der Waals surface area contributed by atoms with E-state index < -0.39 is 6.10 Å². The zero-order valence-electron chi connectivity index (χ0n) is 11.2. The minimum absolute atomic E-state index is 0.162. The van der Waals surface area contributed by atoms with Crippen molar-refractivity contribution in [1.29, 1.82) is 5.26 Å². The van der Waals surface area contributed by atoms with E-state index in [9.17, 15) is 9.90 Å². The number of aliphatic hydroxyl groups is 1. The van der Waals surface area contributed by atoms with E-state index in [1.807, 2.05) is 18.2 Å². The maximum absolute atomic E-state index is 12.3. The number of amides is 1. The molecule has 0 bridgehead atoms. The van der Waals surface area contributed by atoms with Crippen molar-refractivity contribution in [3.8, 4) is 6.07 Å². The molecule has 0 spiro atoms. The number of carbonyl (C=O) groups excluding carboxylic acids is 1. The quantitative estimate of drug-likeness (QED) is 0.835. The Kier molecular flexibility index (Phi) is 5.45. The lowest BCUT2D eigenvalue weighted by Gasteiger charge is -2.28. The first-order valence-electron chi connectivity index (χ1n) is 6.80. The van der Waals surface area contributed by atoms with Crippen LogP contribution in [0.2, 0.25) is 0 Å². The summed E-state index contributed by atoms with van der Waals surface area (Å²) >= 11 is 1.35. The van der Waals surface area contributed by atoms with Crippen LogP contribution in [0.1, 0.15) is 36.0 Å². The molecule has 2 rings (SSSR count). The fourth-order valence-electron chi connectivity index (χ4n) is 2.42. The molecule has 0 aliphatic heterocycles. The highest BCUT2D eigenvalue weighted by Crippen LogP contribution is 2.23. The first-order chi connectivity index (χ1) is 9.72. The van der Waals surface area contributed by atoms with Crippen LogP contribution in [0, 0.1) is 11.3 Å². The van der Waals surface area contributed by atoms with Crippen molar-refractivity contribution in [1.82, 2.24) is 5.32 Å². The molecule has 0 aromatic heterocycles. The molecule has 1 amide bonds. The zero-order chi connectivity index (χ0) is 14.4. The third-order valence-corrected chi connectivity index (χ3v) is 4.41.